The first-order chi connectivity index (χ1) is 12.6. The minimum Gasteiger partial charge on any atom is -0.361 e. The summed E-state index contributed by atoms with van der Waals surface area (Å²) in [5, 5.41) is 7.15. The standard InChI is InChI=1S/C21H23N3O2/c1-14(25)17-8-4-3-7-15(17)12-24-21(26)20(22-2)11-16-13-23-19-10-6-5-9-18(16)19/h3-10,13,20,22-23H,11-12H2,1-2H3,(H,24,26)/t20-/m1/s1. The molecule has 0 aliphatic carbocycles. The molecule has 5 nitrogen and oxygen atoms in total. The second-order valence-electron chi connectivity index (χ2n) is 6.34. The molecule has 1 heterocycles. The molecule has 134 valence electrons. The Morgan fingerprint density at radius 1 is 1.04 bits per heavy atom. The van der Waals surface area contributed by atoms with Gasteiger partial charge in [0.1, 0.15) is 0 Å². The number of carbonyl (C=O) groups is 2. The molecule has 3 aromatic rings. The van der Waals surface area contributed by atoms with Crippen molar-refractivity contribution in [2.24, 2.45) is 0 Å². The summed E-state index contributed by atoms with van der Waals surface area (Å²) in [4.78, 5) is 27.6. The first-order valence-corrected chi connectivity index (χ1v) is 8.69. The molecule has 0 aliphatic heterocycles. The van der Waals surface area contributed by atoms with Crippen molar-refractivity contribution in [2.45, 2.75) is 25.9 Å². The molecule has 26 heavy (non-hydrogen) atoms. The number of hydrogen-bond donors (Lipinski definition) is 3. The molecule has 0 fully saturated rings. The van der Waals surface area contributed by atoms with Crippen molar-refractivity contribution in [3.05, 3.63) is 71.4 Å². The molecule has 0 saturated heterocycles. The SMILES string of the molecule is CN[C@H](Cc1c[nH]c2ccccc12)C(=O)NCc1ccccc1C(C)=O. The highest BCUT2D eigenvalue weighted by molar-refractivity contribution is 5.95. The molecule has 0 bridgehead atoms. The first-order valence-electron chi connectivity index (χ1n) is 8.69. The van der Waals surface area contributed by atoms with E-state index in [1.807, 2.05) is 42.6 Å². The topological polar surface area (TPSA) is 74.0 Å². The number of amides is 1. The summed E-state index contributed by atoms with van der Waals surface area (Å²) >= 11 is 0. The number of likely N-dealkylation sites (N-methyl/N-ethyl adjacent to an activating group) is 1. The van der Waals surface area contributed by atoms with Crippen molar-refractivity contribution >= 4 is 22.6 Å². The van der Waals surface area contributed by atoms with Crippen molar-refractivity contribution in [1.82, 2.24) is 15.6 Å². The quantitative estimate of drug-likeness (QED) is 0.574. The molecule has 1 amide bonds. The Morgan fingerprint density at radius 2 is 1.77 bits per heavy atom. The van der Waals surface area contributed by atoms with Crippen LogP contribution in [0.4, 0.5) is 0 Å². The van der Waals surface area contributed by atoms with E-state index in [2.05, 4.69) is 21.7 Å². The van der Waals surface area contributed by atoms with Crippen molar-refractivity contribution in [3.8, 4) is 0 Å². The fraction of sp³-hybridized carbons (Fsp3) is 0.238. The van der Waals surface area contributed by atoms with E-state index in [9.17, 15) is 9.59 Å². The Hall–Kier alpha value is -2.92. The largest absolute Gasteiger partial charge is 0.361 e. The van der Waals surface area contributed by atoms with Gasteiger partial charge in [0.05, 0.1) is 6.04 Å². The zero-order valence-electron chi connectivity index (χ0n) is 15.0. The summed E-state index contributed by atoms with van der Waals surface area (Å²) in [6.45, 7) is 1.87. The number of aromatic nitrogens is 1. The molecule has 0 unspecified atom stereocenters. The minimum atomic E-state index is -0.348. The summed E-state index contributed by atoms with van der Waals surface area (Å²) in [5.74, 6) is -0.0880. The Bertz CT molecular complexity index is 930. The summed E-state index contributed by atoms with van der Waals surface area (Å²) in [6.07, 6.45) is 2.54. The van der Waals surface area contributed by atoms with Crippen LogP contribution in [-0.2, 0) is 17.8 Å². The predicted molar refractivity (Wildman–Crippen MR) is 103 cm³/mol. The number of rotatable bonds is 7. The van der Waals surface area contributed by atoms with Gasteiger partial charge in [-0.05, 0) is 37.6 Å². The lowest BCUT2D eigenvalue weighted by Crippen LogP contribution is -2.43. The van der Waals surface area contributed by atoms with Gasteiger partial charge in [0.25, 0.3) is 0 Å². The van der Waals surface area contributed by atoms with Crippen molar-refractivity contribution in [2.75, 3.05) is 7.05 Å². The maximum absolute atomic E-state index is 12.6. The average molecular weight is 349 g/mol. The van der Waals surface area contributed by atoms with Crippen LogP contribution >= 0.6 is 0 Å². The lowest BCUT2D eigenvalue weighted by molar-refractivity contribution is -0.123. The minimum absolute atomic E-state index is 0.00110. The molecular weight excluding hydrogens is 326 g/mol. The molecule has 2 aromatic carbocycles. The summed E-state index contributed by atoms with van der Waals surface area (Å²) in [7, 11) is 1.78. The number of aromatic amines is 1. The van der Waals surface area contributed by atoms with Gasteiger partial charge in [-0.1, -0.05) is 42.5 Å². The van der Waals surface area contributed by atoms with Gasteiger partial charge < -0.3 is 15.6 Å². The first kappa shape index (κ1) is 17.9. The van der Waals surface area contributed by atoms with E-state index < -0.39 is 0 Å². The van der Waals surface area contributed by atoms with Gasteiger partial charge in [0, 0.05) is 29.2 Å². The van der Waals surface area contributed by atoms with Crippen LogP contribution in [-0.4, -0.2) is 29.8 Å². The van der Waals surface area contributed by atoms with E-state index in [0.29, 0.717) is 18.5 Å². The normalized spacial score (nSPS) is 12.1. The molecule has 5 heteroatoms. The predicted octanol–water partition coefficient (Wildman–Crippen LogP) is 2.82. The monoisotopic (exact) mass is 349 g/mol. The van der Waals surface area contributed by atoms with E-state index >= 15 is 0 Å². The Kier molecular flexibility index (Phi) is 5.49. The van der Waals surface area contributed by atoms with Gasteiger partial charge >= 0.3 is 0 Å². The van der Waals surface area contributed by atoms with Crippen LogP contribution < -0.4 is 10.6 Å². The van der Waals surface area contributed by atoms with Crippen LogP contribution in [0, 0.1) is 0 Å². The van der Waals surface area contributed by atoms with Crippen LogP contribution in [0.3, 0.4) is 0 Å². The zero-order chi connectivity index (χ0) is 18.5. The number of para-hydroxylation sites is 1. The van der Waals surface area contributed by atoms with Crippen molar-refractivity contribution in [3.63, 3.8) is 0 Å². The number of benzene rings is 2. The number of H-pyrrole nitrogens is 1. The van der Waals surface area contributed by atoms with Gasteiger partial charge in [-0.2, -0.15) is 0 Å². The molecule has 0 spiro atoms. The number of fused-ring (bicyclic) bond motifs is 1. The lowest BCUT2D eigenvalue weighted by atomic mass is 10.0. The van der Waals surface area contributed by atoms with Crippen LogP contribution in [0.2, 0.25) is 0 Å². The maximum Gasteiger partial charge on any atom is 0.237 e. The Labute approximate surface area is 152 Å². The van der Waals surface area contributed by atoms with Gasteiger partial charge in [-0.25, -0.2) is 0 Å². The molecule has 3 rings (SSSR count). The van der Waals surface area contributed by atoms with E-state index in [4.69, 9.17) is 0 Å². The molecular formula is C21H23N3O2. The highest BCUT2D eigenvalue weighted by atomic mass is 16.2. The van der Waals surface area contributed by atoms with Gasteiger partial charge in [-0.3, -0.25) is 9.59 Å². The second kappa shape index (κ2) is 7.97. The van der Waals surface area contributed by atoms with E-state index in [0.717, 1.165) is 22.0 Å². The smallest absolute Gasteiger partial charge is 0.237 e. The molecule has 1 atom stereocenters. The summed E-state index contributed by atoms with van der Waals surface area (Å²) in [6, 6.07) is 15.0. The fourth-order valence-corrected chi connectivity index (χ4v) is 3.17. The Morgan fingerprint density at radius 3 is 2.54 bits per heavy atom. The molecule has 3 N–H and O–H groups in total. The number of carbonyl (C=O) groups excluding carboxylic acids is 2. The van der Waals surface area contributed by atoms with E-state index in [-0.39, 0.29) is 17.7 Å². The van der Waals surface area contributed by atoms with E-state index in [1.54, 1.807) is 13.1 Å². The lowest BCUT2D eigenvalue weighted by Gasteiger charge is -2.16. The molecule has 0 aliphatic rings. The Balaban J connectivity index is 1.69. The third-order valence-electron chi connectivity index (χ3n) is 4.61. The van der Waals surface area contributed by atoms with Gasteiger partial charge in [0.2, 0.25) is 5.91 Å². The van der Waals surface area contributed by atoms with Crippen LogP contribution in [0.5, 0.6) is 0 Å². The number of hydrogen-bond acceptors (Lipinski definition) is 3. The number of ketones is 1. The van der Waals surface area contributed by atoms with E-state index in [1.165, 1.54) is 6.92 Å². The third kappa shape index (κ3) is 3.83. The molecule has 1 aromatic heterocycles. The second-order valence-corrected chi connectivity index (χ2v) is 6.34. The number of Topliss-reactive ketones (excluding diaryl/α,β-unsaturated/α-hetero) is 1. The average Bonchev–Trinajstić information content (AvgIpc) is 3.07. The van der Waals surface area contributed by atoms with Crippen LogP contribution in [0.15, 0.2) is 54.7 Å². The zero-order valence-corrected chi connectivity index (χ0v) is 15.0. The van der Waals surface area contributed by atoms with Gasteiger partial charge in [-0.15, -0.1) is 0 Å². The molecule has 0 radical (unpaired) electrons. The van der Waals surface area contributed by atoms with Crippen LogP contribution in [0.1, 0.15) is 28.4 Å². The number of nitrogens with one attached hydrogen (secondary N) is 3. The van der Waals surface area contributed by atoms with Crippen molar-refractivity contribution in [1.29, 1.82) is 0 Å². The van der Waals surface area contributed by atoms with Crippen molar-refractivity contribution < 1.29 is 9.59 Å². The molecule has 0 saturated carbocycles. The summed E-state index contributed by atoms with van der Waals surface area (Å²) in [5.41, 5.74) is 3.63. The summed E-state index contributed by atoms with van der Waals surface area (Å²) < 4.78 is 0. The van der Waals surface area contributed by atoms with Gasteiger partial charge in [0.15, 0.2) is 5.78 Å². The highest BCUT2D eigenvalue weighted by Crippen LogP contribution is 2.19. The third-order valence-corrected chi connectivity index (χ3v) is 4.61. The van der Waals surface area contributed by atoms with Crippen LogP contribution in [0.25, 0.3) is 10.9 Å². The fourth-order valence-electron chi connectivity index (χ4n) is 3.17. The maximum atomic E-state index is 12.6. The highest BCUT2D eigenvalue weighted by Gasteiger charge is 2.19.